The van der Waals surface area contributed by atoms with Crippen LogP contribution in [0, 0.1) is 0 Å². The molecule has 0 aliphatic rings. The molecule has 2 aromatic carbocycles. The van der Waals surface area contributed by atoms with E-state index in [2.05, 4.69) is 5.10 Å². The maximum atomic E-state index is 13.1. The summed E-state index contributed by atoms with van der Waals surface area (Å²) in [6.07, 6.45) is 2.96. The van der Waals surface area contributed by atoms with Gasteiger partial charge in [0.2, 0.25) is 10.0 Å². The number of nitrogens with zero attached hydrogens (tertiary/aromatic N) is 4. The molecule has 142 valence electrons. The molecule has 0 aliphatic carbocycles. The second-order valence-electron chi connectivity index (χ2n) is 6.45. The van der Waals surface area contributed by atoms with Crippen molar-refractivity contribution in [3.05, 3.63) is 72.6 Å². The Morgan fingerprint density at radius 1 is 1.00 bits per heavy atom. The second kappa shape index (κ2) is 7.94. The molecule has 3 aromatic rings. The maximum Gasteiger partial charge on any atom is 0.246 e. The minimum absolute atomic E-state index is 0.193. The van der Waals surface area contributed by atoms with Gasteiger partial charge >= 0.3 is 0 Å². The summed E-state index contributed by atoms with van der Waals surface area (Å²) in [6.45, 7) is 2.55. The van der Waals surface area contributed by atoms with E-state index < -0.39 is 10.0 Å². The molecule has 0 spiro atoms. The van der Waals surface area contributed by atoms with Crippen molar-refractivity contribution in [3.8, 4) is 5.69 Å². The summed E-state index contributed by atoms with van der Waals surface area (Å²) in [7, 11) is 0.325. The summed E-state index contributed by atoms with van der Waals surface area (Å²) in [5.41, 5.74) is 2.84. The molecule has 0 atom stereocenters. The van der Waals surface area contributed by atoms with Crippen molar-refractivity contribution in [2.75, 3.05) is 25.5 Å². The maximum absolute atomic E-state index is 13.1. The highest BCUT2D eigenvalue weighted by molar-refractivity contribution is 7.89. The van der Waals surface area contributed by atoms with Crippen LogP contribution in [0.3, 0.4) is 0 Å². The number of sulfonamides is 1. The fraction of sp³-hybridized carbons (Fsp3) is 0.250. The van der Waals surface area contributed by atoms with Gasteiger partial charge in [-0.1, -0.05) is 37.3 Å². The molecule has 0 fully saturated rings. The van der Waals surface area contributed by atoms with Gasteiger partial charge in [0, 0.05) is 32.9 Å². The fourth-order valence-electron chi connectivity index (χ4n) is 2.78. The van der Waals surface area contributed by atoms with Crippen molar-refractivity contribution in [2.24, 2.45) is 0 Å². The third kappa shape index (κ3) is 4.20. The van der Waals surface area contributed by atoms with E-state index in [1.165, 1.54) is 10.5 Å². The highest BCUT2D eigenvalue weighted by Gasteiger charge is 2.25. The molecule has 0 unspecified atom stereocenters. The van der Waals surface area contributed by atoms with Crippen LogP contribution in [0.5, 0.6) is 0 Å². The SMILES string of the molecule is CCN(Cc1ccc(N(C)C)cc1)S(=O)(=O)c1cnn(-c2ccccc2)c1. The predicted octanol–water partition coefficient (Wildman–Crippen LogP) is 3.15. The summed E-state index contributed by atoms with van der Waals surface area (Å²) >= 11 is 0. The molecule has 0 bridgehead atoms. The molecule has 3 rings (SSSR count). The largest absolute Gasteiger partial charge is 0.378 e. The third-order valence-corrected chi connectivity index (χ3v) is 6.26. The van der Waals surface area contributed by atoms with Gasteiger partial charge in [-0.2, -0.15) is 9.40 Å². The molecule has 1 heterocycles. The van der Waals surface area contributed by atoms with E-state index >= 15 is 0 Å². The minimum atomic E-state index is -3.62. The lowest BCUT2D eigenvalue weighted by molar-refractivity contribution is 0.423. The molecule has 0 saturated heterocycles. The smallest absolute Gasteiger partial charge is 0.246 e. The van der Waals surface area contributed by atoms with Gasteiger partial charge in [-0.3, -0.25) is 0 Å². The summed E-state index contributed by atoms with van der Waals surface area (Å²) in [5.74, 6) is 0. The number of hydrogen-bond acceptors (Lipinski definition) is 4. The Bertz CT molecular complexity index is 980. The van der Waals surface area contributed by atoms with Crippen molar-refractivity contribution >= 4 is 15.7 Å². The fourth-order valence-corrected chi connectivity index (χ4v) is 4.15. The summed E-state index contributed by atoms with van der Waals surface area (Å²) in [5, 5.41) is 4.21. The van der Waals surface area contributed by atoms with Crippen LogP contribution < -0.4 is 4.90 Å². The van der Waals surface area contributed by atoms with E-state index in [-0.39, 0.29) is 4.90 Å². The monoisotopic (exact) mass is 384 g/mol. The molecular weight excluding hydrogens is 360 g/mol. The molecule has 0 N–H and O–H groups in total. The number of benzene rings is 2. The zero-order valence-corrected chi connectivity index (χ0v) is 16.6. The van der Waals surface area contributed by atoms with E-state index in [9.17, 15) is 8.42 Å². The van der Waals surface area contributed by atoms with E-state index in [4.69, 9.17) is 0 Å². The highest BCUT2D eigenvalue weighted by Crippen LogP contribution is 2.20. The van der Waals surface area contributed by atoms with Gasteiger partial charge in [0.25, 0.3) is 0 Å². The van der Waals surface area contributed by atoms with Crippen LogP contribution in [-0.4, -0.2) is 43.1 Å². The molecular formula is C20H24N4O2S. The van der Waals surface area contributed by atoms with Crippen molar-refractivity contribution in [1.82, 2.24) is 14.1 Å². The predicted molar refractivity (Wildman–Crippen MR) is 108 cm³/mol. The molecule has 6 nitrogen and oxygen atoms in total. The topological polar surface area (TPSA) is 58.4 Å². The number of rotatable bonds is 7. The molecule has 27 heavy (non-hydrogen) atoms. The highest BCUT2D eigenvalue weighted by atomic mass is 32.2. The molecule has 1 aromatic heterocycles. The van der Waals surface area contributed by atoms with Crippen molar-refractivity contribution in [3.63, 3.8) is 0 Å². The van der Waals surface area contributed by atoms with Crippen LogP contribution in [0.15, 0.2) is 71.9 Å². The zero-order chi connectivity index (χ0) is 19.4. The van der Waals surface area contributed by atoms with Crippen molar-refractivity contribution in [1.29, 1.82) is 0 Å². The first-order chi connectivity index (χ1) is 12.9. The number of hydrogen-bond donors (Lipinski definition) is 0. The third-order valence-electron chi connectivity index (χ3n) is 4.38. The quantitative estimate of drug-likeness (QED) is 0.628. The van der Waals surface area contributed by atoms with Crippen LogP contribution in [0.2, 0.25) is 0 Å². The summed E-state index contributed by atoms with van der Waals surface area (Å²) in [6, 6.07) is 17.3. The number of para-hydroxylation sites is 1. The van der Waals surface area contributed by atoms with Crippen LogP contribution in [0.1, 0.15) is 12.5 Å². The Kier molecular flexibility index (Phi) is 5.62. The lowest BCUT2D eigenvalue weighted by atomic mass is 10.2. The van der Waals surface area contributed by atoms with Crippen molar-refractivity contribution in [2.45, 2.75) is 18.4 Å². The standard InChI is InChI=1S/C20H24N4O2S/c1-4-23(15-17-10-12-18(13-11-17)22(2)3)27(25,26)20-14-21-24(16-20)19-8-6-5-7-9-19/h5-14,16H,4,15H2,1-3H3. The van der Waals surface area contributed by atoms with E-state index in [1.54, 1.807) is 10.9 Å². The Labute approximate surface area is 160 Å². The summed E-state index contributed by atoms with van der Waals surface area (Å²) < 4.78 is 29.1. The number of aromatic nitrogens is 2. The normalized spacial score (nSPS) is 11.7. The molecule has 7 heteroatoms. The first-order valence-electron chi connectivity index (χ1n) is 8.78. The van der Waals surface area contributed by atoms with Crippen LogP contribution in [0.25, 0.3) is 5.69 Å². The van der Waals surface area contributed by atoms with Crippen LogP contribution in [0.4, 0.5) is 5.69 Å². The summed E-state index contributed by atoms with van der Waals surface area (Å²) in [4.78, 5) is 2.20. The van der Waals surface area contributed by atoms with Gasteiger partial charge < -0.3 is 4.90 Å². The van der Waals surface area contributed by atoms with Gasteiger partial charge in [0.05, 0.1) is 18.1 Å². The van der Waals surface area contributed by atoms with Gasteiger partial charge in [0.1, 0.15) is 4.90 Å². The lowest BCUT2D eigenvalue weighted by Crippen LogP contribution is -2.30. The average molecular weight is 385 g/mol. The average Bonchev–Trinajstić information content (AvgIpc) is 3.18. The Balaban J connectivity index is 1.82. The van der Waals surface area contributed by atoms with Gasteiger partial charge in [0.15, 0.2) is 0 Å². The molecule has 0 amide bonds. The number of anilines is 1. The Morgan fingerprint density at radius 3 is 2.26 bits per heavy atom. The lowest BCUT2D eigenvalue weighted by Gasteiger charge is -2.20. The van der Waals surface area contributed by atoms with Gasteiger partial charge in [-0.15, -0.1) is 0 Å². The van der Waals surface area contributed by atoms with E-state index in [1.807, 2.05) is 80.5 Å². The first-order valence-corrected chi connectivity index (χ1v) is 10.2. The Hall–Kier alpha value is -2.64. The van der Waals surface area contributed by atoms with E-state index in [0.29, 0.717) is 13.1 Å². The zero-order valence-electron chi connectivity index (χ0n) is 15.8. The Morgan fingerprint density at radius 2 is 1.67 bits per heavy atom. The molecule has 0 aliphatic heterocycles. The second-order valence-corrected chi connectivity index (χ2v) is 8.39. The van der Waals surface area contributed by atoms with E-state index in [0.717, 1.165) is 16.9 Å². The van der Waals surface area contributed by atoms with Gasteiger partial charge in [-0.25, -0.2) is 13.1 Å². The molecule has 0 saturated carbocycles. The van der Waals surface area contributed by atoms with Crippen LogP contribution in [-0.2, 0) is 16.6 Å². The van der Waals surface area contributed by atoms with Gasteiger partial charge in [-0.05, 0) is 29.8 Å². The van der Waals surface area contributed by atoms with Crippen LogP contribution >= 0.6 is 0 Å². The van der Waals surface area contributed by atoms with Crippen molar-refractivity contribution < 1.29 is 8.42 Å². The minimum Gasteiger partial charge on any atom is -0.378 e. The molecule has 0 radical (unpaired) electrons. The first kappa shape index (κ1) is 19.1.